The Bertz CT molecular complexity index is 1340. The van der Waals surface area contributed by atoms with Gasteiger partial charge in [0, 0.05) is 57.9 Å². The molecule has 0 aliphatic carbocycles. The molecule has 8 nitrogen and oxygen atoms in total. The molecule has 0 spiro atoms. The van der Waals surface area contributed by atoms with Gasteiger partial charge in [0.15, 0.2) is 5.13 Å². The van der Waals surface area contributed by atoms with E-state index in [-0.39, 0.29) is 23.2 Å². The molecule has 0 atom stereocenters. The van der Waals surface area contributed by atoms with E-state index >= 15 is 0 Å². The molecule has 0 bridgehead atoms. The highest BCUT2D eigenvalue weighted by atomic mass is 35.5. The maximum absolute atomic E-state index is 13.2. The molecule has 4 rings (SSSR count). The van der Waals surface area contributed by atoms with Crippen LogP contribution >= 0.6 is 23.7 Å². The smallest absolute Gasteiger partial charge is 0.251 e. The van der Waals surface area contributed by atoms with Crippen molar-refractivity contribution in [3.05, 3.63) is 53.1 Å². The van der Waals surface area contributed by atoms with Gasteiger partial charge in [0.1, 0.15) is 0 Å². The molecular formula is C30H44ClN5O3S2. The minimum Gasteiger partial charge on any atom is -0.351 e. The lowest BCUT2D eigenvalue weighted by Crippen LogP contribution is -2.48. The number of carbonyl (C=O) groups is 1. The van der Waals surface area contributed by atoms with Crippen LogP contribution in [0.25, 0.3) is 10.2 Å². The number of anilines is 1. The molecule has 1 aromatic heterocycles. The number of sulfonamides is 1. The molecule has 1 amide bonds. The second-order valence-electron chi connectivity index (χ2n) is 10.6. The summed E-state index contributed by atoms with van der Waals surface area (Å²) in [4.78, 5) is 22.6. The van der Waals surface area contributed by atoms with Crippen molar-refractivity contribution in [1.82, 2.24) is 19.5 Å². The summed E-state index contributed by atoms with van der Waals surface area (Å²) in [5, 5.41) is 4.08. The van der Waals surface area contributed by atoms with Crippen molar-refractivity contribution < 1.29 is 13.2 Å². The first-order valence-corrected chi connectivity index (χ1v) is 16.7. The van der Waals surface area contributed by atoms with E-state index in [9.17, 15) is 13.2 Å². The Kier molecular flexibility index (Phi) is 12.4. The summed E-state index contributed by atoms with van der Waals surface area (Å²) in [6, 6.07) is 10.6. The third kappa shape index (κ3) is 8.20. The Morgan fingerprint density at radius 1 is 0.951 bits per heavy atom. The minimum atomic E-state index is -3.57. The fourth-order valence-electron chi connectivity index (χ4n) is 4.92. The van der Waals surface area contributed by atoms with Crippen LogP contribution in [0.15, 0.2) is 41.3 Å². The van der Waals surface area contributed by atoms with Gasteiger partial charge in [0.2, 0.25) is 10.0 Å². The molecule has 11 heteroatoms. The van der Waals surface area contributed by atoms with E-state index in [0.29, 0.717) is 25.2 Å². The van der Waals surface area contributed by atoms with Crippen LogP contribution in [-0.2, 0) is 10.0 Å². The van der Waals surface area contributed by atoms with Crippen LogP contribution in [0.2, 0.25) is 0 Å². The van der Waals surface area contributed by atoms with Crippen LogP contribution in [0.1, 0.15) is 61.0 Å². The summed E-state index contributed by atoms with van der Waals surface area (Å²) in [5.41, 5.74) is 4.07. The second kappa shape index (κ2) is 15.3. The van der Waals surface area contributed by atoms with Crippen molar-refractivity contribution in [2.75, 3.05) is 57.3 Å². The van der Waals surface area contributed by atoms with E-state index in [0.717, 1.165) is 69.1 Å². The van der Waals surface area contributed by atoms with Gasteiger partial charge in [-0.25, -0.2) is 13.4 Å². The highest BCUT2D eigenvalue weighted by molar-refractivity contribution is 7.89. The normalized spacial score (nSPS) is 14.4. The number of hydrogen-bond donors (Lipinski definition) is 1. The summed E-state index contributed by atoms with van der Waals surface area (Å²) >= 11 is 1.77. The quantitative estimate of drug-likeness (QED) is 0.272. The molecule has 0 radical (unpaired) electrons. The number of amides is 1. The topological polar surface area (TPSA) is 85.8 Å². The molecule has 0 unspecified atom stereocenters. The predicted molar refractivity (Wildman–Crippen MR) is 172 cm³/mol. The number of hydrogen-bond acceptors (Lipinski definition) is 7. The van der Waals surface area contributed by atoms with Crippen molar-refractivity contribution in [3.8, 4) is 0 Å². The number of carbonyl (C=O) groups excluding carboxylic acids is 1. The average molecular weight is 622 g/mol. The maximum atomic E-state index is 13.2. The van der Waals surface area contributed by atoms with Crippen LogP contribution in [0.5, 0.6) is 0 Å². The van der Waals surface area contributed by atoms with Crippen molar-refractivity contribution >= 4 is 55.0 Å². The van der Waals surface area contributed by atoms with E-state index in [4.69, 9.17) is 4.98 Å². The first-order valence-electron chi connectivity index (χ1n) is 14.5. The fourth-order valence-corrected chi connectivity index (χ4v) is 7.60. The van der Waals surface area contributed by atoms with Gasteiger partial charge >= 0.3 is 0 Å². The molecule has 0 saturated carbocycles. The molecule has 41 heavy (non-hydrogen) atoms. The summed E-state index contributed by atoms with van der Waals surface area (Å²) in [6.45, 7) is 14.4. The lowest BCUT2D eigenvalue weighted by Gasteiger charge is -2.34. The van der Waals surface area contributed by atoms with Gasteiger partial charge in [-0.2, -0.15) is 4.31 Å². The Labute approximate surface area is 255 Å². The molecular weight excluding hydrogens is 578 g/mol. The fraction of sp³-hybridized carbons (Fsp3) is 0.533. The van der Waals surface area contributed by atoms with E-state index < -0.39 is 10.0 Å². The van der Waals surface area contributed by atoms with E-state index in [2.05, 4.69) is 54.9 Å². The summed E-state index contributed by atoms with van der Waals surface area (Å²) in [5.74, 6) is -0.184. The highest BCUT2D eigenvalue weighted by Crippen LogP contribution is 2.33. The third-order valence-electron chi connectivity index (χ3n) is 7.56. The molecule has 1 aliphatic heterocycles. The number of aryl methyl sites for hydroxylation is 2. The van der Waals surface area contributed by atoms with Gasteiger partial charge in [-0.15, -0.1) is 12.4 Å². The van der Waals surface area contributed by atoms with Crippen LogP contribution in [0.4, 0.5) is 5.13 Å². The van der Waals surface area contributed by atoms with Gasteiger partial charge in [0.05, 0.1) is 15.1 Å². The molecule has 1 N–H and O–H groups in total. The zero-order chi connectivity index (χ0) is 28.7. The number of nitrogens with zero attached hydrogens (tertiary/aromatic N) is 4. The van der Waals surface area contributed by atoms with Crippen molar-refractivity contribution in [3.63, 3.8) is 0 Å². The average Bonchev–Trinajstić information content (AvgIpc) is 3.42. The Morgan fingerprint density at radius 2 is 1.56 bits per heavy atom. The Morgan fingerprint density at radius 3 is 2.15 bits per heavy atom. The van der Waals surface area contributed by atoms with Gasteiger partial charge < -0.3 is 10.2 Å². The molecule has 3 aromatic rings. The first-order chi connectivity index (χ1) is 19.2. The number of unbranched alkanes of at least 4 members (excludes halogenated alkanes) is 2. The van der Waals surface area contributed by atoms with E-state index in [1.165, 1.54) is 15.8 Å². The number of halogens is 1. The molecule has 2 heterocycles. The summed E-state index contributed by atoms with van der Waals surface area (Å²) < 4.78 is 29.2. The SMILES string of the molecule is CCCCN(CCCC)S(=O)(=O)c1ccc(C(=O)NCCN2CCN(c3nc4c(C)ccc(C)c4s3)CC2)cc1.Cl. The van der Waals surface area contributed by atoms with Crippen LogP contribution in [-0.4, -0.2) is 80.9 Å². The number of aromatic nitrogens is 1. The van der Waals surface area contributed by atoms with Gasteiger partial charge in [-0.3, -0.25) is 9.69 Å². The number of nitrogens with one attached hydrogen (secondary N) is 1. The number of benzene rings is 2. The van der Waals surface area contributed by atoms with Gasteiger partial charge in [-0.1, -0.05) is 50.2 Å². The molecule has 226 valence electrons. The minimum absolute atomic E-state index is 0. The zero-order valence-corrected chi connectivity index (χ0v) is 27.1. The lowest BCUT2D eigenvalue weighted by molar-refractivity contribution is 0.0947. The first kappa shape index (κ1) is 33.3. The van der Waals surface area contributed by atoms with Crippen molar-refractivity contribution in [2.24, 2.45) is 0 Å². The largest absolute Gasteiger partial charge is 0.351 e. The third-order valence-corrected chi connectivity index (χ3v) is 10.7. The van der Waals surface area contributed by atoms with E-state index in [1.54, 1.807) is 39.9 Å². The zero-order valence-electron chi connectivity index (χ0n) is 24.7. The Hall–Kier alpha value is -2.24. The predicted octanol–water partition coefficient (Wildman–Crippen LogP) is 5.48. The number of thiazole rings is 1. The maximum Gasteiger partial charge on any atom is 0.251 e. The number of rotatable bonds is 13. The molecule has 2 aromatic carbocycles. The lowest BCUT2D eigenvalue weighted by atomic mass is 10.1. The van der Waals surface area contributed by atoms with E-state index in [1.807, 2.05) is 0 Å². The van der Waals surface area contributed by atoms with Crippen LogP contribution in [0.3, 0.4) is 0 Å². The second-order valence-corrected chi connectivity index (χ2v) is 13.5. The molecule has 1 saturated heterocycles. The monoisotopic (exact) mass is 621 g/mol. The van der Waals surface area contributed by atoms with Gasteiger partial charge in [-0.05, 0) is 62.1 Å². The summed E-state index contributed by atoms with van der Waals surface area (Å²) in [6.07, 6.45) is 3.55. The van der Waals surface area contributed by atoms with Crippen LogP contribution in [0, 0.1) is 13.8 Å². The van der Waals surface area contributed by atoms with Crippen molar-refractivity contribution in [1.29, 1.82) is 0 Å². The Balaban J connectivity index is 0.00000462. The number of fused-ring (bicyclic) bond motifs is 1. The van der Waals surface area contributed by atoms with Crippen LogP contribution < -0.4 is 10.2 Å². The van der Waals surface area contributed by atoms with Gasteiger partial charge in [0.25, 0.3) is 5.91 Å². The van der Waals surface area contributed by atoms with Crippen molar-refractivity contribution in [2.45, 2.75) is 58.3 Å². The molecule has 1 aliphatic rings. The highest BCUT2D eigenvalue weighted by Gasteiger charge is 2.24. The standard InChI is InChI=1S/C30H43N5O3S2.ClH/c1-5-7-16-35(17-8-6-2)40(37,38)26-13-11-25(12-14-26)29(36)31-15-18-33-19-21-34(22-20-33)30-32-27-23(3)9-10-24(4)28(27)39-30;/h9-14H,5-8,15-22H2,1-4H3,(H,31,36);1H. The number of piperazine rings is 1. The summed E-state index contributed by atoms with van der Waals surface area (Å²) in [7, 11) is -3.57. The molecule has 1 fully saturated rings.